The molecule has 19 heteroatoms. The molecule has 1 rings (SSSR count). The quantitative estimate of drug-likeness (QED) is 0.226. The number of hydrogen-bond acceptors (Lipinski definition) is 7. The number of rotatable bonds is 10. The van der Waals surface area contributed by atoms with Crippen LogP contribution in [0.5, 0.6) is 0 Å². The highest BCUT2D eigenvalue weighted by Gasteiger charge is 2.84. The molecule has 1 saturated carbocycles. The molecule has 1 aliphatic carbocycles. The van der Waals surface area contributed by atoms with E-state index < -0.39 is 68.2 Å². The fraction of sp³-hybridized carbons (Fsp3) is 0.800. The first-order valence-corrected chi connectivity index (χ1v) is 11.7. The molecule has 0 aromatic heterocycles. The van der Waals surface area contributed by atoms with Gasteiger partial charge < -0.3 is 8.86 Å². The summed E-state index contributed by atoms with van der Waals surface area (Å²) in [5.74, 6) is -16.6. The molecule has 1 aliphatic rings. The second-order valence-corrected chi connectivity index (χ2v) is 10.4. The Morgan fingerprint density at radius 3 is 1.79 bits per heavy atom. The molecule has 8 nitrogen and oxygen atoms in total. The van der Waals surface area contributed by atoms with Gasteiger partial charge in [0, 0.05) is 5.57 Å². The molecular formula is C15H17F9NO7S2-. The normalized spacial score (nSPS) is 21.2. The number of hydrogen-bond donors (Lipinski definition) is 0. The lowest BCUT2D eigenvalue weighted by Crippen LogP contribution is -2.63. The third kappa shape index (κ3) is 6.34. The average molecular weight is 558 g/mol. The number of halogens is 9. The van der Waals surface area contributed by atoms with Crippen molar-refractivity contribution in [2.45, 2.75) is 62.0 Å². The summed E-state index contributed by atoms with van der Waals surface area (Å²) >= 11 is 0. The van der Waals surface area contributed by atoms with Crippen LogP contribution in [0, 0.1) is 5.92 Å². The Labute approximate surface area is 187 Å². The van der Waals surface area contributed by atoms with Gasteiger partial charge in [-0.25, -0.2) is 21.6 Å². The van der Waals surface area contributed by atoms with E-state index in [1.165, 1.54) is 11.1 Å². The summed E-state index contributed by atoms with van der Waals surface area (Å²) in [5.41, 5.74) is 0.106. The van der Waals surface area contributed by atoms with Crippen LogP contribution < -0.4 is 0 Å². The van der Waals surface area contributed by atoms with Crippen molar-refractivity contribution in [1.82, 2.24) is 0 Å². The molecule has 0 radical (unpaired) electrons. The van der Waals surface area contributed by atoms with Gasteiger partial charge in [0.25, 0.3) is 0 Å². The second kappa shape index (κ2) is 9.81. The van der Waals surface area contributed by atoms with Gasteiger partial charge in [0.15, 0.2) is 10.0 Å². The Hall–Kier alpha value is -1.60. The minimum Gasteiger partial charge on any atom is -0.459 e. The third-order valence-electron chi connectivity index (χ3n) is 4.50. The summed E-state index contributed by atoms with van der Waals surface area (Å²) < 4.78 is 172. The molecule has 0 aliphatic heterocycles. The molecule has 0 spiro atoms. The van der Waals surface area contributed by atoms with Crippen molar-refractivity contribution in [3.8, 4) is 0 Å². The van der Waals surface area contributed by atoms with E-state index in [0.717, 1.165) is 0 Å². The molecular weight excluding hydrogens is 541 g/mol. The molecule has 0 saturated heterocycles. The van der Waals surface area contributed by atoms with Crippen LogP contribution in [-0.2, 0) is 34.0 Å². The van der Waals surface area contributed by atoms with Gasteiger partial charge in [-0.3, -0.25) is 4.18 Å². The smallest absolute Gasteiger partial charge is 0.459 e. The van der Waals surface area contributed by atoms with Gasteiger partial charge in [0.1, 0.15) is 6.10 Å². The van der Waals surface area contributed by atoms with Gasteiger partial charge >= 0.3 is 29.2 Å². The van der Waals surface area contributed by atoms with Gasteiger partial charge in [-0.15, -0.1) is 0 Å². The number of ether oxygens (including phenoxy) is 1. The highest BCUT2D eigenvalue weighted by atomic mass is 32.3. The molecule has 0 unspecified atom stereocenters. The summed E-state index contributed by atoms with van der Waals surface area (Å²) in [5, 5.41) is -7.29. The first-order valence-electron chi connectivity index (χ1n) is 8.93. The van der Waals surface area contributed by atoms with E-state index in [-0.39, 0.29) is 31.3 Å². The largest absolute Gasteiger partial charge is 0.460 e. The maximum Gasteiger partial charge on any atom is 0.460 e. The van der Waals surface area contributed by atoms with Crippen LogP contribution >= 0.6 is 0 Å². The summed E-state index contributed by atoms with van der Waals surface area (Å²) in [7, 11) is -13.5. The van der Waals surface area contributed by atoms with E-state index in [1.807, 2.05) is 0 Å². The summed E-state index contributed by atoms with van der Waals surface area (Å²) in [4.78, 5) is 11.4. The molecule has 0 bridgehead atoms. The van der Waals surface area contributed by atoms with Crippen molar-refractivity contribution >= 4 is 26.3 Å². The van der Waals surface area contributed by atoms with Crippen molar-refractivity contribution < 1.29 is 70.1 Å². The molecule has 0 N–H and O–H groups in total. The van der Waals surface area contributed by atoms with Gasteiger partial charge in [-0.05, 0) is 38.5 Å². The minimum atomic E-state index is -7.63. The first kappa shape index (κ1) is 30.4. The maximum atomic E-state index is 13.6. The first-order chi connectivity index (χ1) is 15.0. The zero-order valence-electron chi connectivity index (χ0n) is 16.9. The molecule has 0 atom stereocenters. The predicted octanol–water partition coefficient (Wildman–Crippen LogP) is 4.06. The highest BCUT2D eigenvalue weighted by molar-refractivity contribution is 8.10. The Bertz CT molecular complexity index is 986. The Balaban J connectivity index is 2.85. The molecule has 0 heterocycles. The van der Waals surface area contributed by atoms with Crippen LogP contribution in [0.3, 0.4) is 0 Å². The van der Waals surface area contributed by atoms with E-state index in [0.29, 0.717) is 0 Å². The fourth-order valence-electron chi connectivity index (χ4n) is 2.56. The Morgan fingerprint density at radius 2 is 1.38 bits per heavy atom. The van der Waals surface area contributed by atoms with Crippen molar-refractivity contribution in [2.24, 2.45) is 5.92 Å². The lowest BCUT2D eigenvalue weighted by atomic mass is 9.88. The SMILES string of the molecule is C=C(C)C(=O)OC1CCC(COS(=O)(=O)[N-]S(=O)(=O)C(F)(F)C(F)(F)C(F)(F)C(F)(F)F)CC1. The monoisotopic (exact) mass is 558 g/mol. The summed E-state index contributed by atoms with van der Waals surface area (Å²) in [6.45, 7) is 3.82. The number of esters is 1. The van der Waals surface area contributed by atoms with Crippen molar-refractivity contribution in [3.05, 3.63) is 16.3 Å². The predicted molar refractivity (Wildman–Crippen MR) is 94.7 cm³/mol. The van der Waals surface area contributed by atoms with Crippen LogP contribution in [0.2, 0.25) is 0 Å². The molecule has 34 heavy (non-hydrogen) atoms. The van der Waals surface area contributed by atoms with Gasteiger partial charge in [0.2, 0.25) is 10.3 Å². The van der Waals surface area contributed by atoms with Crippen LogP contribution in [0.25, 0.3) is 4.13 Å². The van der Waals surface area contributed by atoms with Crippen LogP contribution in [0.1, 0.15) is 32.6 Å². The van der Waals surface area contributed by atoms with Crippen molar-refractivity contribution in [2.75, 3.05) is 6.61 Å². The molecule has 1 fully saturated rings. The third-order valence-corrected chi connectivity index (χ3v) is 7.35. The van der Waals surface area contributed by atoms with Crippen LogP contribution in [0.15, 0.2) is 12.2 Å². The fourth-order valence-corrected chi connectivity index (χ4v) is 4.89. The molecule has 0 aromatic carbocycles. The van der Waals surface area contributed by atoms with Gasteiger partial charge in [-0.1, -0.05) is 6.58 Å². The molecule has 0 aromatic rings. The molecule has 0 amide bonds. The van der Waals surface area contributed by atoms with Gasteiger partial charge in [-0.2, -0.15) is 39.5 Å². The number of carbonyl (C=O) groups excluding carboxylic acids is 1. The Morgan fingerprint density at radius 1 is 0.912 bits per heavy atom. The topological polar surface area (TPSA) is 118 Å². The zero-order valence-corrected chi connectivity index (χ0v) is 18.6. The van der Waals surface area contributed by atoms with Crippen LogP contribution in [-0.4, -0.2) is 58.8 Å². The molecule has 200 valence electrons. The van der Waals surface area contributed by atoms with Crippen molar-refractivity contribution in [3.63, 3.8) is 0 Å². The number of sulfonamides is 1. The van der Waals surface area contributed by atoms with E-state index in [1.54, 1.807) is 0 Å². The van der Waals surface area contributed by atoms with Crippen molar-refractivity contribution in [1.29, 1.82) is 0 Å². The van der Waals surface area contributed by atoms with E-state index in [4.69, 9.17) is 4.74 Å². The second-order valence-electron chi connectivity index (χ2n) is 7.25. The van der Waals surface area contributed by atoms with E-state index >= 15 is 0 Å². The summed E-state index contributed by atoms with van der Waals surface area (Å²) in [6.07, 6.45) is -7.37. The average Bonchev–Trinajstić information content (AvgIpc) is 2.65. The highest BCUT2D eigenvalue weighted by Crippen LogP contribution is 2.55. The lowest BCUT2D eigenvalue weighted by molar-refractivity contribution is -0.382. The maximum absolute atomic E-state index is 13.6. The summed E-state index contributed by atoms with van der Waals surface area (Å²) in [6, 6.07) is 0. The number of nitrogens with zero attached hydrogens (tertiary/aromatic N) is 1. The Kier molecular flexibility index (Phi) is 8.78. The van der Waals surface area contributed by atoms with Crippen LogP contribution in [0.4, 0.5) is 39.5 Å². The van der Waals surface area contributed by atoms with Gasteiger partial charge in [0.05, 0.1) is 6.61 Å². The standard InChI is InChI=1S/C15H17F9NO7S2/c1-8(2)11(26)32-10-5-3-9(4-6-10)7-31-34(29,30)25-33(27,28)15(23,24)13(18,19)12(16,17)14(20,21)22/h9-10H,1,3-7H2,2H3/q-1. The zero-order chi connectivity index (χ0) is 27.0. The number of alkyl halides is 9. The lowest BCUT2D eigenvalue weighted by Gasteiger charge is -2.36. The van der Waals surface area contributed by atoms with E-state index in [9.17, 15) is 61.1 Å². The number of carbonyl (C=O) groups is 1. The van der Waals surface area contributed by atoms with E-state index in [2.05, 4.69) is 10.8 Å². The minimum absolute atomic E-state index is 0.0996.